The van der Waals surface area contributed by atoms with Crippen LogP contribution in [0.4, 0.5) is 10.5 Å². The Kier molecular flexibility index (Phi) is 5.84. The summed E-state index contributed by atoms with van der Waals surface area (Å²) < 4.78 is 33.0. The molecule has 2 aromatic rings. The molecule has 0 aromatic heterocycles. The second kappa shape index (κ2) is 8.40. The summed E-state index contributed by atoms with van der Waals surface area (Å²) in [7, 11) is -3.53. The van der Waals surface area contributed by atoms with Crippen molar-refractivity contribution in [2.24, 2.45) is 0 Å². The van der Waals surface area contributed by atoms with Crippen LogP contribution in [0.2, 0.25) is 0 Å². The van der Waals surface area contributed by atoms with E-state index >= 15 is 0 Å². The minimum Gasteiger partial charge on any atom is -0.444 e. The highest BCUT2D eigenvalue weighted by molar-refractivity contribution is 7.89. The van der Waals surface area contributed by atoms with E-state index in [1.54, 1.807) is 17.0 Å². The topological polar surface area (TPSA) is 66.9 Å². The van der Waals surface area contributed by atoms with Crippen LogP contribution in [-0.4, -0.2) is 37.9 Å². The van der Waals surface area contributed by atoms with Gasteiger partial charge in [0.2, 0.25) is 10.0 Å². The van der Waals surface area contributed by atoms with E-state index in [4.69, 9.17) is 4.74 Å². The first kappa shape index (κ1) is 20.9. The molecule has 2 aromatic carbocycles. The van der Waals surface area contributed by atoms with Crippen LogP contribution in [0.1, 0.15) is 42.9 Å². The van der Waals surface area contributed by atoms with Gasteiger partial charge in [0.25, 0.3) is 0 Å². The van der Waals surface area contributed by atoms with Crippen molar-refractivity contribution in [2.45, 2.75) is 57.1 Å². The van der Waals surface area contributed by atoms with Gasteiger partial charge in [-0.15, -0.1) is 0 Å². The minimum absolute atomic E-state index is 0.0716. The zero-order chi connectivity index (χ0) is 21.3. The standard InChI is InChI=1S/C23H28N2O4S/c1-3-4-18-6-8-21(9-7-18)30(27,28)24-13-11-20(12-14-24)25-22-10-5-17(2)15-19(22)16-29-23(25)26/h5-10,15,20H,3-4,11-14,16H2,1-2H3. The van der Waals surface area contributed by atoms with Crippen LogP contribution in [0.25, 0.3) is 0 Å². The van der Waals surface area contributed by atoms with E-state index in [9.17, 15) is 13.2 Å². The van der Waals surface area contributed by atoms with Crippen LogP contribution in [0.3, 0.4) is 0 Å². The lowest BCUT2D eigenvalue weighted by molar-refractivity contribution is 0.135. The van der Waals surface area contributed by atoms with E-state index in [-0.39, 0.29) is 18.7 Å². The molecule has 2 heterocycles. The monoisotopic (exact) mass is 428 g/mol. The second-order valence-electron chi connectivity index (χ2n) is 8.09. The first-order chi connectivity index (χ1) is 14.4. The van der Waals surface area contributed by atoms with Crippen molar-refractivity contribution in [3.63, 3.8) is 0 Å². The highest BCUT2D eigenvalue weighted by atomic mass is 32.2. The number of carbonyl (C=O) groups excluding carboxylic acids is 1. The molecule has 30 heavy (non-hydrogen) atoms. The van der Waals surface area contributed by atoms with E-state index in [1.165, 1.54) is 4.31 Å². The summed E-state index contributed by atoms with van der Waals surface area (Å²) in [4.78, 5) is 14.5. The molecule has 0 unspecified atom stereocenters. The SMILES string of the molecule is CCCc1ccc(S(=O)(=O)N2CCC(N3C(=O)OCc4cc(C)ccc43)CC2)cc1. The fraction of sp³-hybridized carbons (Fsp3) is 0.435. The fourth-order valence-electron chi connectivity index (χ4n) is 4.32. The lowest BCUT2D eigenvalue weighted by Gasteiger charge is -2.39. The van der Waals surface area contributed by atoms with Gasteiger partial charge in [-0.2, -0.15) is 4.31 Å². The maximum absolute atomic E-state index is 13.1. The number of rotatable bonds is 5. The Morgan fingerprint density at radius 3 is 2.43 bits per heavy atom. The number of carbonyl (C=O) groups is 1. The minimum atomic E-state index is -3.53. The Balaban J connectivity index is 1.48. The summed E-state index contributed by atoms with van der Waals surface area (Å²) in [6.07, 6.45) is 2.78. The van der Waals surface area contributed by atoms with Crippen LogP contribution in [0, 0.1) is 6.92 Å². The molecule has 7 heteroatoms. The van der Waals surface area contributed by atoms with Gasteiger partial charge in [0.05, 0.1) is 10.6 Å². The molecular formula is C23H28N2O4S. The van der Waals surface area contributed by atoms with E-state index in [0.29, 0.717) is 30.8 Å². The molecule has 0 bridgehead atoms. The number of hydrogen-bond donors (Lipinski definition) is 0. The van der Waals surface area contributed by atoms with Crippen molar-refractivity contribution in [3.8, 4) is 0 Å². The van der Waals surface area contributed by atoms with E-state index in [2.05, 4.69) is 6.92 Å². The molecule has 1 saturated heterocycles. The fourth-order valence-corrected chi connectivity index (χ4v) is 5.79. The van der Waals surface area contributed by atoms with Crippen molar-refractivity contribution >= 4 is 21.8 Å². The number of fused-ring (bicyclic) bond motifs is 1. The molecule has 0 atom stereocenters. The molecule has 0 radical (unpaired) electrons. The van der Waals surface area contributed by atoms with E-state index in [0.717, 1.165) is 35.2 Å². The zero-order valence-corrected chi connectivity index (χ0v) is 18.3. The molecule has 1 amide bonds. The van der Waals surface area contributed by atoms with Crippen LogP contribution < -0.4 is 4.90 Å². The van der Waals surface area contributed by atoms with Crippen LogP contribution >= 0.6 is 0 Å². The highest BCUT2D eigenvalue weighted by Gasteiger charge is 2.37. The number of anilines is 1. The van der Waals surface area contributed by atoms with Crippen molar-refractivity contribution in [1.82, 2.24) is 4.31 Å². The molecule has 2 aliphatic rings. The van der Waals surface area contributed by atoms with Gasteiger partial charge >= 0.3 is 6.09 Å². The van der Waals surface area contributed by atoms with E-state index in [1.807, 2.05) is 37.3 Å². The van der Waals surface area contributed by atoms with Crippen LogP contribution in [-0.2, 0) is 27.8 Å². The summed E-state index contributed by atoms with van der Waals surface area (Å²) in [5, 5.41) is 0. The third kappa shape index (κ3) is 3.96. The normalized spacial score (nSPS) is 18.2. The molecule has 0 aliphatic carbocycles. The number of amides is 1. The Morgan fingerprint density at radius 2 is 1.77 bits per heavy atom. The first-order valence-corrected chi connectivity index (χ1v) is 12.0. The summed E-state index contributed by atoms with van der Waals surface area (Å²) in [6.45, 7) is 5.17. The number of ether oxygens (including phenoxy) is 1. The predicted octanol–water partition coefficient (Wildman–Crippen LogP) is 4.26. The van der Waals surface area contributed by atoms with Crippen molar-refractivity contribution in [2.75, 3.05) is 18.0 Å². The first-order valence-electron chi connectivity index (χ1n) is 10.5. The molecule has 2 aliphatic heterocycles. The smallest absolute Gasteiger partial charge is 0.414 e. The number of nitrogens with zero attached hydrogens (tertiary/aromatic N) is 2. The second-order valence-corrected chi connectivity index (χ2v) is 10.0. The number of aryl methyl sites for hydroxylation is 2. The molecule has 160 valence electrons. The zero-order valence-electron chi connectivity index (χ0n) is 17.5. The van der Waals surface area contributed by atoms with Gasteiger partial charge in [-0.1, -0.05) is 43.2 Å². The number of benzene rings is 2. The Labute approximate surface area is 178 Å². The van der Waals surface area contributed by atoms with Gasteiger partial charge in [0.15, 0.2) is 0 Å². The van der Waals surface area contributed by atoms with Crippen LogP contribution in [0.15, 0.2) is 47.4 Å². The molecular weight excluding hydrogens is 400 g/mol. The Morgan fingerprint density at radius 1 is 1.07 bits per heavy atom. The largest absolute Gasteiger partial charge is 0.444 e. The van der Waals surface area contributed by atoms with Crippen LogP contribution in [0.5, 0.6) is 0 Å². The van der Waals surface area contributed by atoms with Gasteiger partial charge in [-0.3, -0.25) is 4.90 Å². The molecule has 0 spiro atoms. The number of cyclic esters (lactones) is 1. The predicted molar refractivity (Wildman–Crippen MR) is 116 cm³/mol. The van der Waals surface area contributed by atoms with Gasteiger partial charge in [-0.25, -0.2) is 13.2 Å². The van der Waals surface area contributed by atoms with Gasteiger partial charge in [-0.05, 0) is 49.9 Å². The van der Waals surface area contributed by atoms with E-state index < -0.39 is 10.0 Å². The molecule has 6 nitrogen and oxygen atoms in total. The van der Waals surface area contributed by atoms with Crippen molar-refractivity contribution in [3.05, 3.63) is 59.2 Å². The van der Waals surface area contributed by atoms with Gasteiger partial charge in [0.1, 0.15) is 6.61 Å². The summed E-state index contributed by atoms with van der Waals surface area (Å²) >= 11 is 0. The third-order valence-electron chi connectivity index (χ3n) is 5.93. The molecule has 0 saturated carbocycles. The summed E-state index contributed by atoms with van der Waals surface area (Å²) in [5.41, 5.74) is 4.15. The molecule has 1 fully saturated rings. The summed E-state index contributed by atoms with van der Waals surface area (Å²) in [6, 6.07) is 13.1. The quantitative estimate of drug-likeness (QED) is 0.714. The average molecular weight is 429 g/mol. The summed E-state index contributed by atoms with van der Waals surface area (Å²) in [5.74, 6) is 0. The Hall–Kier alpha value is -2.38. The average Bonchev–Trinajstić information content (AvgIpc) is 2.74. The number of sulfonamides is 1. The third-order valence-corrected chi connectivity index (χ3v) is 7.84. The number of piperidine rings is 1. The maximum atomic E-state index is 13.1. The lowest BCUT2D eigenvalue weighted by atomic mass is 10.0. The van der Waals surface area contributed by atoms with Crippen molar-refractivity contribution < 1.29 is 17.9 Å². The molecule has 0 N–H and O–H groups in total. The lowest BCUT2D eigenvalue weighted by Crippen LogP contribution is -2.50. The van der Waals surface area contributed by atoms with Crippen molar-refractivity contribution in [1.29, 1.82) is 0 Å². The van der Waals surface area contributed by atoms with Gasteiger partial charge < -0.3 is 4.74 Å². The highest BCUT2D eigenvalue weighted by Crippen LogP contribution is 2.33. The van der Waals surface area contributed by atoms with Gasteiger partial charge in [0, 0.05) is 24.7 Å². The Bertz CT molecular complexity index is 1030. The number of hydrogen-bond acceptors (Lipinski definition) is 4. The molecule has 4 rings (SSSR count). The maximum Gasteiger partial charge on any atom is 0.414 e.